The van der Waals surface area contributed by atoms with Gasteiger partial charge in [0.2, 0.25) is 0 Å². The van der Waals surface area contributed by atoms with E-state index >= 15 is 0 Å². The van der Waals surface area contributed by atoms with Crippen LogP contribution < -0.4 is 0 Å². The number of carbonyl (C=O) groups excluding carboxylic acids is 3. The van der Waals surface area contributed by atoms with Crippen LogP contribution in [0.5, 0.6) is 0 Å². The van der Waals surface area contributed by atoms with Crippen LogP contribution in [0.15, 0.2) is 146 Å². The highest BCUT2D eigenvalue weighted by atomic mass is 31.2. The summed E-state index contributed by atoms with van der Waals surface area (Å²) < 4.78 is 61.3. The van der Waals surface area contributed by atoms with Gasteiger partial charge in [0.05, 0.1) is 26.4 Å². The van der Waals surface area contributed by atoms with Gasteiger partial charge in [0, 0.05) is 19.3 Å². The quantitative estimate of drug-likeness (QED) is 0.0146. The number of aliphatic hydroxyl groups is 2. The molecule has 0 aliphatic carbocycles. The van der Waals surface area contributed by atoms with Gasteiger partial charge in [-0.2, -0.15) is 0 Å². The molecule has 5 unspecified atom stereocenters. The van der Waals surface area contributed by atoms with Crippen molar-refractivity contribution < 1.29 is 75.8 Å². The molecule has 0 saturated carbocycles. The van der Waals surface area contributed by atoms with Crippen molar-refractivity contribution in [1.82, 2.24) is 0 Å². The van der Waals surface area contributed by atoms with Crippen LogP contribution in [0.4, 0.5) is 0 Å². The molecule has 16 nitrogen and oxygen atoms in total. The molecule has 0 aromatic rings. The van der Waals surface area contributed by atoms with Gasteiger partial charge in [-0.1, -0.05) is 334 Å². The second kappa shape index (κ2) is 82.9. The minimum absolute atomic E-state index is 0.0818. The Morgan fingerprint density at radius 2 is 0.486 bits per heavy atom. The van der Waals surface area contributed by atoms with E-state index in [1.54, 1.807) is 0 Å². The van der Waals surface area contributed by atoms with Crippen molar-refractivity contribution in [2.24, 2.45) is 0 Å². The van der Waals surface area contributed by atoms with Gasteiger partial charge in [-0.25, -0.2) is 9.13 Å². The standard InChI is InChI=1S/C91H156O16P2/c1-4-7-10-13-16-19-22-25-28-31-34-36-37-38-39-40-41-42-43-44-45-46-47-49-52-53-56-59-62-65-68-71-74-77-89(94)101-80-86(92)81-103-108(97,98)104-82-87(93)83-105-109(99,100)106-85-88(107-91(96)79-76-73-70-67-64-61-58-55-50-33-30-27-24-21-18-15-12-9-6-3)84-102-90(95)78-75-72-69-66-63-60-57-54-51-48-35-32-29-26-23-20-17-14-11-8-5-2/h8,11,16-21,25-30,34-36,38-39,48,50,54-55,57,86-88,92-93H,4-7,9-10,12-15,22-24,31-33,37,40-47,49,51-53,56,58-85H2,1-3H3,(H,97,98)(H,99,100)/b11-8-,19-16-,20-17-,21-18-,28-25-,29-26-,30-27-,36-34-,39-38-,48-35-,55-50-,57-54-. The summed E-state index contributed by atoms with van der Waals surface area (Å²) in [6.07, 6.45) is 103. The Balaban J connectivity index is 4.53. The number of unbranched alkanes of at least 4 members (excludes halogenated alkanes) is 34. The number of ether oxygens (including phenoxy) is 3. The van der Waals surface area contributed by atoms with Crippen molar-refractivity contribution in [1.29, 1.82) is 0 Å². The van der Waals surface area contributed by atoms with E-state index in [0.29, 0.717) is 19.3 Å². The van der Waals surface area contributed by atoms with Gasteiger partial charge in [0.15, 0.2) is 6.10 Å². The molecule has 0 aliphatic rings. The second-order valence-electron chi connectivity index (χ2n) is 28.6. The minimum atomic E-state index is -4.95. The lowest BCUT2D eigenvalue weighted by atomic mass is 10.0. The van der Waals surface area contributed by atoms with E-state index in [1.165, 1.54) is 135 Å². The SMILES string of the molecule is CC/C=C\C/C=C\C/C=C\C/C=C\C/C=C\CCCCCCCC(=O)OCC(COP(=O)(O)OCC(O)COP(=O)(O)OCC(O)COC(=O)CCCCCCCCCCCCCCCCCCC/C=C\C/C=C\C/C=C\C/C=C\CCCCC)OC(=O)CCCCCCCC/C=C\C/C=C\C/C=C\CCCCC. The summed E-state index contributed by atoms with van der Waals surface area (Å²) >= 11 is 0. The third-order valence-corrected chi connectivity index (χ3v) is 19.9. The number of aliphatic hydroxyl groups excluding tert-OH is 2. The molecule has 0 fully saturated rings. The Morgan fingerprint density at radius 3 is 0.771 bits per heavy atom. The highest BCUT2D eigenvalue weighted by Gasteiger charge is 2.29. The molecule has 626 valence electrons. The average Bonchev–Trinajstić information content (AvgIpc) is 0.906. The largest absolute Gasteiger partial charge is 0.472 e. The van der Waals surface area contributed by atoms with Gasteiger partial charge in [-0.15, -0.1) is 0 Å². The molecule has 0 radical (unpaired) electrons. The zero-order chi connectivity index (χ0) is 79.4. The monoisotopic (exact) mass is 1570 g/mol. The first-order valence-corrected chi connectivity index (χ1v) is 46.1. The molecular weight excluding hydrogens is 1410 g/mol. The highest BCUT2D eigenvalue weighted by Crippen LogP contribution is 2.45. The maximum atomic E-state index is 13.0. The van der Waals surface area contributed by atoms with Gasteiger partial charge >= 0.3 is 33.6 Å². The fourth-order valence-electron chi connectivity index (χ4n) is 11.5. The van der Waals surface area contributed by atoms with Gasteiger partial charge in [0.1, 0.15) is 25.4 Å². The van der Waals surface area contributed by atoms with Crippen LogP contribution in [0.25, 0.3) is 0 Å². The Labute approximate surface area is 664 Å². The van der Waals surface area contributed by atoms with E-state index < -0.39 is 91.5 Å². The summed E-state index contributed by atoms with van der Waals surface area (Å²) in [7, 11) is -9.81. The number of phosphoric acid groups is 2. The highest BCUT2D eigenvalue weighted by molar-refractivity contribution is 7.47. The summed E-state index contributed by atoms with van der Waals surface area (Å²) in [6.45, 7) is 2.50. The molecule has 0 aliphatic heterocycles. The molecule has 4 N–H and O–H groups in total. The molecule has 0 heterocycles. The maximum absolute atomic E-state index is 13.0. The van der Waals surface area contributed by atoms with Crippen LogP contribution >= 0.6 is 15.6 Å². The normalized spacial score (nSPS) is 14.6. The fourth-order valence-corrected chi connectivity index (χ4v) is 13.1. The molecule has 0 saturated heterocycles. The van der Waals surface area contributed by atoms with Crippen molar-refractivity contribution in [2.45, 2.75) is 373 Å². The van der Waals surface area contributed by atoms with Crippen molar-refractivity contribution >= 4 is 33.6 Å². The minimum Gasteiger partial charge on any atom is -0.463 e. The lowest BCUT2D eigenvalue weighted by Gasteiger charge is -2.21. The van der Waals surface area contributed by atoms with Crippen LogP contribution in [0.1, 0.15) is 355 Å². The van der Waals surface area contributed by atoms with Crippen LogP contribution in [0.2, 0.25) is 0 Å². The van der Waals surface area contributed by atoms with Gasteiger partial charge < -0.3 is 34.2 Å². The van der Waals surface area contributed by atoms with Crippen molar-refractivity contribution in [3.8, 4) is 0 Å². The molecule has 0 rings (SSSR count). The Bertz CT molecular complexity index is 2560. The van der Waals surface area contributed by atoms with E-state index in [0.717, 1.165) is 161 Å². The zero-order valence-electron chi connectivity index (χ0n) is 68.7. The predicted octanol–water partition coefficient (Wildman–Crippen LogP) is 26.0. The average molecular weight is 1570 g/mol. The van der Waals surface area contributed by atoms with E-state index in [-0.39, 0.29) is 19.3 Å². The smallest absolute Gasteiger partial charge is 0.463 e. The molecule has 0 amide bonds. The van der Waals surface area contributed by atoms with E-state index in [4.69, 9.17) is 32.3 Å². The van der Waals surface area contributed by atoms with Crippen LogP contribution in [-0.4, -0.2) is 95.9 Å². The summed E-state index contributed by atoms with van der Waals surface area (Å²) in [5, 5.41) is 20.7. The maximum Gasteiger partial charge on any atom is 0.472 e. The Kier molecular flexibility index (Phi) is 79.4. The number of allylic oxidation sites excluding steroid dienone is 24. The van der Waals surface area contributed by atoms with Crippen molar-refractivity contribution in [3.63, 3.8) is 0 Å². The second-order valence-corrected chi connectivity index (χ2v) is 31.5. The van der Waals surface area contributed by atoms with Crippen molar-refractivity contribution in [3.05, 3.63) is 146 Å². The summed E-state index contributed by atoms with van der Waals surface area (Å²) in [6, 6.07) is 0. The van der Waals surface area contributed by atoms with Crippen LogP contribution in [0, 0.1) is 0 Å². The topological polar surface area (TPSA) is 231 Å². The first kappa shape index (κ1) is 104. The Hall–Kier alpha value is -4.57. The number of esters is 3. The number of hydrogen-bond acceptors (Lipinski definition) is 14. The third-order valence-electron chi connectivity index (χ3n) is 18.0. The lowest BCUT2D eigenvalue weighted by Crippen LogP contribution is -2.30. The van der Waals surface area contributed by atoms with Crippen LogP contribution in [0.3, 0.4) is 0 Å². The van der Waals surface area contributed by atoms with Gasteiger partial charge in [-0.3, -0.25) is 32.5 Å². The number of carbonyl (C=O) groups is 3. The number of phosphoric ester groups is 2. The third kappa shape index (κ3) is 84.2. The molecular formula is C91H156O16P2. The molecule has 0 spiro atoms. The summed E-state index contributed by atoms with van der Waals surface area (Å²) in [5.74, 6) is -1.61. The van der Waals surface area contributed by atoms with Gasteiger partial charge in [0.25, 0.3) is 0 Å². The Morgan fingerprint density at radius 1 is 0.266 bits per heavy atom. The molecule has 0 aromatic carbocycles. The fraction of sp³-hybridized carbons (Fsp3) is 0.703. The first-order valence-electron chi connectivity index (χ1n) is 43.1. The summed E-state index contributed by atoms with van der Waals surface area (Å²) in [4.78, 5) is 58.8. The van der Waals surface area contributed by atoms with E-state index in [1.807, 2.05) is 0 Å². The molecule has 109 heavy (non-hydrogen) atoms. The van der Waals surface area contributed by atoms with Crippen LogP contribution in [-0.2, 0) is 55.8 Å². The van der Waals surface area contributed by atoms with Gasteiger partial charge in [-0.05, 0) is 148 Å². The number of rotatable bonds is 81. The first-order chi connectivity index (χ1) is 53.2. The number of hydrogen-bond donors (Lipinski definition) is 4. The predicted molar refractivity (Wildman–Crippen MR) is 454 cm³/mol. The van der Waals surface area contributed by atoms with E-state index in [2.05, 4.69) is 167 Å². The zero-order valence-corrected chi connectivity index (χ0v) is 70.5. The molecule has 18 heteroatoms. The molecule has 5 atom stereocenters. The molecule has 0 bridgehead atoms. The lowest BCUT2D eigenvalue weighted by molar-refractivity contribution is -0.161. The molecule has 0 aromatic heterocycles. The van der Waals surface area contributed by atoms with E-state index in [9.17, 15) is 43.5 Å². The summed E-state index contributed by atoms with van der Waals surface area (Å²) in [5.41, 5.74) is 0. The van der Waals surface area contributed by atoms with Crippen molar-refractivity contribution in [2.75, 3.05) is 39.6 Å².